The minimum Gasteiger partial charge on any atom is -0.481 e. The second kappa shape index (κ2) is 8.81. The van der Waals surface area contributed by atoms with Crippen molar-refractivity contribution in [2.24, 2.45) is 0 Å². The van der Waals surface area contributed by atoms with E-state index in [9.17, 15) is 9.90 Å². The van der Waals surface area contributed by atoms with E-state index in [2.05, 4.69) is 92.1 Å². The van der Waals surface area contributed by atoms with Gasteiger partial charge in [-0.1, -0.05) is 38.1 Å². The molecular weight excluding hydrogens is 442 g/mol. The third kappa shape index (κ3) is 3.95. The van der Waals surface area contributed by atoms with Gasteiger partial charge < -0.3 is 10.0 Å². The highest BCUT2D eigenvalue weighted by atomic mass is 32.2. The van der Waals surface area contributed by atoms with Gasteiger partial charge in [-0.15, -0.1) is 0 Å². The van der Waals surface area contributed by atoms with Crippen LogP contribution in [0.25, 0.3) is 0 Å². The molecule has 0 fully saturated rings. The maximum atomic E-state index is 11.3. The van der Waals surface area contributed by atoms with E-state index in [4.69, 9.17) is 5.26 Å². The lowest BCUT2D eigenvalue weighted by molar-refractivity contribution is -0.401. The van der Waals surface area contributed by atoms with Crippen LogP contribution in [0.3, 0.4) is 0 Å². The Morgan fingerprint density at radius 1 is 1.15 bits per heavy atom. The van der Waals surface area contributed by atoms with Gasteiger partial charge in [0.2, 0.25) is 5.69 Å². The van der Waals surface area contributed by atoms with Crippen molar-refractivity contribution in [1.29, 1.82) is 5.26 Å². The number of nitriles is 1. The molecule has 0 radical (unpaired) electrons. The highest BCUT2D eigenvalue weighted by Crippen LogP contribution is 2.47. The first-order chi connectivity index (χ1) is 16.1. The summed E-state index contributed by atoms with van der Waals surface area (Å²) in [5.41, 5.74) is 6.47. The third-order valence-corrected chi connectivity index (χ3v) is 7.61. The van der Waals surface area contributed by atoms with Crippen LogP contribution >= 0.6 is 11.8 Å². The number of hydrogen-bond acceptors (Lipinski definition) is 4. The Kier molecular flexibility index (Phi) is 6.18. The van der Waals surface area contributed by atoms with E-state index >= 15 is 0 Å². The Morgan fingerprint density at radius 2 is 1.88 bits per heavy atom. The summed E-state index contributed by atoms with van der Waals surface area (Å²) < 4.78 is 2.21. The summed E-state index contributed by atoms with van der Waals surface area (Å²) >= 11 is 1.18. The number of carboxylic acids is 1. The van der Waals surface area contributed by atoms with Gasteiger partial charge in [0, 0.05) is 45.9 Å². The van der Waals surface area contributed by atoms with Crippen molar-refractivity contribution in [3.05, 3.63) is 77.5 Å². The summed E-state index contributed by atoms with van der Waals surface area (Å²) in [5, 5.41) is 20.5. The SMILES string of the molecule is C[N+]1=C(/C=C/C=C2/N(CCC(=O)O)c3ccccc3C2(C)C)C(C)(C)c2cc(SC#N)ccc21. The minimum absolute atomic E-state index is 0.0803. The van der Waals surface area contributed by atoms with E-state index in [1.807, 2.05) is 18.2 Å². The quantitative estimate of drug-likeness (QED) is 0.318. The highest BCUT2D eigenvalue weighted by molar-refractivity contribution is 8.03. The molecule has 0 unspecified atom stereocenters. The van der Waals surface area contributed by atoms with Crippen LogP contribution in [-0.4, -0.2) is 35.0 Å². The molecular formula is C28H30N3O2S+. The molecule has 174 valence electrons. The number of carboxylic acid groups (broad SMARTS) is 1. The van der Waals surface area contributed by atoms with Crippen LogP contribution in [0.2, 0.25) is 0 Å². The Labute approximate surface area is 205 Å². The average molecular weight is 473 g/mol. The first-order valence-corrected chi connectivity index (χ1v) is 12.2. The Balaban J connectivity index is 1.70. The van der Waals surface area contributed by atoms with Crippen LogP contribution in [0.4, 0.5) is 11.4 Å². The average Bonchev–Trinajstić information content (AvgIpc) is 3.12. The number of anilines is 1. The molecule has 0 aliphatic carbocycles. The summed E-state index contributed by atoms with van der Waals surface area (Å²) in [6.07, 6.45) is 6.44. The first kappa shape index (κ1) is 23.8. The van der Waals surface area contributed by atoms with Crippen LogP contribution in [0, 0.1) is 10.7 Å². The number of fused-ring (bicyclic) bond motifs is 2. The molecule has 0 atom stereocenters. The van der Waals surface area contributed by atoms with Gasteiger partial charge in [0.1, 0.15) is 12.4 Å². The lowest BCUT2D eigenvalue weighted by Crippen LogP contribution is -2.28. The summed E-state index contributed by atoms with van der Waals surface area (Å²) in [4.78, 5) is 14.4. The van der Waals surface area contributed by atoms with Gasteiger partial charge in [-0.3, -0.25) is 4.79 Å². The molecule has 2 aliphatic heterocycles. The normalized spacial score (nSPS) is 18.9. The van der Waals surface area contributed by atoms with Gasteiger partial charge >= 0.3 is 5.97 Å². The topological polar surface area (TPSA) is 67.3 Å². The van der Waals surface area contributed by atoms with Gasteiger partial charge in [0.25, 0.3) is 0 Å². The van der Waals surface area contributed by atoms with Crippen molar-refractivity contribution in [3.63, 3.8) is 0 Å². The molecule has 4 rings (SSSR count). The standard InChI is InChI=1S/C28H29N3O2S/c1-27(2)20-9-6-7-10-23(20)31(16-15-26(32)33)25(27)12-8-11-24-28(3,4)21-17-19(34-18-29)13-14-22(21)30(24)5/h6-14,17H,15-16H2,1-5H3/p+1. The van der Waals surface area contributed by atoms with Crippen molar-refractivity contribution in [2.45, 2.75) is 49.8 Å². The van der Waals surface area contributed by atoms with Gasteiger partial charge in [0.15, 0.2) is 5.71 Å². The first-order valence-electron chi connectivity index (χ1n) is 11.4. The molecule has 1 N–H and O–H groups in total. The summed E-state index contributed by atoms with van der Waals surface area (Å²) in [7, 11) is 2.08. The van der Waals surface area contributed by atoms with E-state index in [-0.39, 0.29) is 17.3 Å². The molecule has 2 aromatic rings. The van der Waals surface area contributed by atoms with E-state index in [0.29, 0.717) is 6.54 Å². The maximum Gasteiger partial charge on any atom is 0.305 e. The minimum atomic E-state index is -0.798. The second-order valence-electron chi connectivity index (χ2n) is 9.79. The fourth-order valence-corrected chi connectivity index (χ4v) is 5.67. The number of thioether (sulfide) groups is 1. The fraction of sp³-hybridized carbons (Fsp3) is 0.321. The van der Waals surface area contributed by atoms with E-state index < -0.39 is 5.97 Å². The monoisotopic (exact) mass is 472 g/mol. The number of thiocyanates is 1. The van der Waals surface area contributed by atoms with Crippen LogP contribution in [0.1, 0.15) is 45.2 Å². The Morgan fingerprint density at radius 3 is 2.59 bits per heavy atom. The van der Waals surface area contributed by atoms with Crippen LogP contribution in [0.15, 0.2) is 71.3 Å². The molecule has 0 saturated heterocycles. The molecule has 0 aromatic heterocycles. The smallest absolute Gasteiger partial charge is 0.305 e. The van der Waals surface area contributed by atoms with Crippen molar-refractivity contribution in [3.8, 4) is 5.40 Å². The molecule has 2 aliphatic rings. The van der Waals surface area contributed by atoms with Gasteiger partial charge in [-0.05, 0) is 55.4 Å². The number of hydrogen-bond donors (Lipinski definition) is 1. The van der Waals surface area contributed by atoms with Crippen molar-refractivity contribution in [1.82, 2.24) is 0 Å². The predicted octanol–water partition coefficient (Wildman–Crippen LogP) is 5.98. The molecule has 2 aromatic carbocycles. The fourth-order valence-electron chi connectivity index (χ4n) is 5.25. The predicted molar refractivity (Wildman–Crippen MR) is 138 cm³/mol. The van der Waals surface area contributed by atoms with E-state index in [1.165, 1.54) is 28.6 Å². The van der Waals surface area contributed by atoms with Crippen LogP contribution in [-0.2, 0) is 15.6 Å². The molecule has 6 heteroatoms. The van der Waals surface area contributed by atoms with Gasteiger partial charge in [-0.2, -0.15) is 9.84 Å². The van der Waals surface area contributed by atoms with Crippen LogP contribution < -0.4 is 4.90 Å². The number of carbonyl (C=O) groups is 1. The lowest BCUT2D eigenvalue weighted by Gasteiger charge is -2.26. The number of para-hydroxylation sites is 1. The van der Waals surface area contributed by atoms with E-state index in [0.717, 1.165) is 22.0 Å². The van der Waals surface area contributed by atoms with Crippen molar-refractivity contribution < 1.29 is 14.5 Å². The molecule has 2 heterocycles. The maximum absolute atomic E-state index is 11.3. The summed E-state index contributed by atoms with van der Waals surface area (Å²) in [6.45, 7) is 9.22. The lowest BCUT2D eigenvalue weighted by atomic mass is 9.81. The zero-order chi connectivity index (χ0) is 24.7. The number of rotatable bonds is 6. The van der Waals surface area contributed by atoms with Crippen molar-refractivity contribution in [2.75, 3.05) is 18.5 Å². The zero-order valence-corrected chi connectivity index (χ0v) is 21.1. The third-order valence-electron chi connectivity index (χ3n) is 7.02. The molecule has 0 spiro atoms. The number of aliphatic carboxylic acids is 1. The number of nitrogens with zero attached hydrogens (tertiary/aromatic N) is 3. The molecule has 5 nitrogen and oxygen atoms in total. The van der Waals surface area contributed by atoms with Gasteiger partial charge in [0.05, 0.1) is 11.8 Å². The molecule has 0 bridgehead atoms. The second-order valence-corrected chi connectivity index (χ2v) is 10.6. The Bertz CT molecular complexity index is 1290. The largest absolute Gasteiger partial charge is 0.481 e. The summed E-state index contributed by atoms with van der Waals surface area (Å²) in [6, 6.07) is 14.4. The van der Waals surface area contributed by atoms with Gasteiger partial charge in [-0.25, -0.2) is 0 Å². The molecule has 34 heavy (non-hydrogen) atoms. The van der Waals surface area contributed by atoms with Crippen molar-refractivity contribution >= 4 is 34.8 Å². The Hall–Kier alpha value is -3.30. The number of allylic oxidation sites excluding steroid dienone is 4. The van der Waals surface area contributed by atoms with Crippen LogP contribution in [0.5, 0.6) is 0 Å². The molecule has 0 saturated carbocycles. The zero-order valence-electron chi connectivity index (χ0n) is 20.3. The van der Waals surface area contributed by atoms with E-state index in [1.54, 1.807) is 0 Å². The molecule has 0 amide bonds. The summed E-state index contributed by atoms with van der Waals surface area (Å²) in [5.74, 6) is -0.798. The number of benzene rings is 2. The highest BCUT2D eigenvalue weighted by Gasteiger charge is 2.43.